The molecule has 0 aromatic carbocycles. The van der Waals surface area contributed by atoms with E-state index in [1.165, 1.54) is 18.6 Å². The Balaban J connectivity index is 1.75. The lowest BCUT2D eigenvalue weighted by Gasteiger charge is -2.27. The van der Waals surface area contributed by atoms with E-state index < -0.39 is 0 Å². The van der Waals surface area contributed by atoms with Crippen molar-refractivity contribution in [2.24, 2.45) is 0 Å². The highest BCUT2D eigenvalue weighted by Gasteiger charge is 2.34. The predicted molar refractivity (Wildman–Crippen MR) is 79.5 cm³/mol. The van der Waals surface area contributed by atoms with Gasteiger partial charge >= 0.3 is 6.03 Å². The van der Waals surface area contributed by atoms with Crippen molar-refractivity contribution in [2.75, 3.05) is 25.4 Å². The molecule has 1 unspecified atom stereocenters. The molecule has 2 amide bonds. The Morgan fingerprint density at radius 1 is 1.47 bits per heavy atom. The molecule has 5 heteroatoms. The molecule has 0 radical (unpaired) electrons. The summed E-state index contributed by atoms with van der Waals surface area (Å²) in [7, 11) is 0. The van der Waals surface area contributed by atoms with E-state index in [1.807, 2.05) is 16.7 Å². The van der Waals surface area contributed by atoms with E-state index >= 15 is 0 Å². The van der Waals surface area contributed by atoms with Crippen LogP contribution in [0.1, 0.15) is 45.4 Å². The largest absolute Gasteiger partial charge is 0.396 e. The highest BCUT2D eigenvalue weighted by atomic mass is 32.2. The molecule has 0 spiro atoms. The third-order valence-corrected chi connectivity index (χ3v) is 5.51. The first-order chi connectivity index (χ1) is 9.14. The normalized spacial score (nSPS) is 26.4. The number of amides is 2. The van der Waals surface area contributed by atoms with Gasteiger partial charge in [0.1, 0.15) is 0 Å². The van der Waals surface area contributed by atoms with Crippen molar-refractivity contribution in [3.05, 3.63) is 0 Å². The number of aliphatic hydroxyl groups is 1. The number of thioether (sulfide) groups is 1. The summed E-state index contributed by atoms with van der Waals surface area (Å²) in [4.78, 5) is 14.2. The maximum atomic E-state index is 12.3. The van der Waals surface area contributed by atoms with E-state index in [2.05, 4.69) is 12.2 Å². The van der Waals surface area contributed by atoms with Crippen LogP contribution >= 0.6 is 11.8 Å². The first kappa shape index (κ1) is 15.0. The second kappa shape index (κ2) is 6.84. The number of aliphatic hydroxyl groups excluding tert-OH is 1. The average molecular weight is 286 g/mol. The molecule has 1 aliphatic carbocycles. The van der Waals surface area contributed by atoms with Gasteiger partial charge in [0.25, 0.3) is 0 Å². The third-order valence-electron chi connectivity index (χ3n) is 3.97. The minimum atomic E-state index is 0.0918. The highest BCUT2D eigenvalue weighted by molar-refractivity contribution is 8.00. The summed E-state index contributed by atoms with van der Waals surface area (Å²) in [6.45, 7) is 4.02. The molecule has 110 valence electrons. The van der Waals surface area contributed by atoms with Crippen LogP contribution in [0.25, 0.3) is 0 Å². The quantitative estimate of drug-likeness (QED) is 0.706. The molecule has 2 N–H and O–H groups in total. The number of rotatable bonds is 7. The fraction of sp³-hybridized carbons (Fsp3) is 0.929. The Bertz CT molecular complexity index is 302. The smallest absolute Gasteiger partial charge is 0.317 e. The monoisotopic (exact) mass is 286 g/mol. The van der Waals surface area contributed by atoms with Gasteiger partial charge in [0.15, 0.2) is 0 Å². The van der Waals surface area contributed by atoms with Crippen molar-refractivity contribution in [3.8, 4) is 0 Å². The molecule has 0 aromatic heterocycles. The fourth-order valence-corrected chi connectivity index (χ4v) is 3.81. The minimum absolute atomic E-state index is 0.0918. The van der Waals surface area contributed by atoms with Crippen LogP contribution in [0.5, 0.6) is 0 Å². The zero-order valence-corrected chi connectivity index (χ0v) is 12.7. The van der Waals surface area contributed by atoms with Crippen molar-refractivity contribution < 1.29 is 9.90 Å². The lowest BCUT2D eigenvalue weighted by molar-refractivity contribution is 0.189. The van der Waals surface area contributed by atoms with Crippen molar-refractivity contribution in [2.45, 2.75) is 56.2 Å². The van der Waals surface area contributed by atoms with E-state index in [0.29, 0.717) is 6.04 Å². The molecular formula is C14H26N2O2S. The van der Waals surface area contributed by atoms with Crippen molar-refractivity contribution in [1.29, 1.82) is 0 Å². The third kappa shape index (κ3) is 4.56. The van der Waals surface area contributed by atoms with Gasteiger partial charge in [-0.1, -0.05) is 0 Å². The Kier molecular flexibility index (Phi) is 5.39. The summed E-state index contributed by atoms with van der Waals surface area (Å²) in [6, 6.07) is 0.539. The predicted octanol–water partition coefficient (Wildman–Crippen LogP) is 2.22. The van der Waals surface area contributed by atoms with Gasteiger partial charge in [-0.25, -0.2) is 4.79 Å². The molecule has 0 bridgehead atoms. The zero-order valence-electron chi connectivity index (χ0n) is 11.9. The molecule has 1 aliphatic heterocycles. The van der Waals surface area contributed by atoms with E-state index in [4.69, 9.17) is 5.11 Å². The molecule has 0 aromatic rings. The molecule has 19 heavy (non-hydrogen) atoms. The summed E-state index contributed by atoms with van der Waals surface area (Å²) in [5, 5.41) is 11.9. The Hall–Kier alpha value is -0.420. The first-order valence-corrected chi connectivity index (χ1v) is 8.42. The molecule has 1 saturated carbocycles. The second-order valence-corrected chi connectivity index (χ2v) is 7.60. The van der Waals surface area contributed by atoms with Crippen molar-refractivity contribution >= 4 is 17.8 Å². The fourth-order valence-electron chi connectivity index (χ4n) is 2.57. The lowest BCUT2D eigenvalue weighted by Crippen LogP contribution is -2.46. The Morgan fingerprint density at radius 3 is 2.84 bits per heavy atom. The number of nitrogens with zero attached hydrogens (tertiary/aromatic N) is 1. The summed E-state index contributed by atoms with van der Waals surface area (Å²) in [5.41, 5.74) is 0. The topological polar surface area (TPSA) is 52.6 Å². The standard InChI is InChI=1S/C14H26N2O2S/c1-14(7-4-10-19-14)11-15-13(18)16(12-5-6-12)8-2-3-9-17/h12,17H,2-11H2,1H3,(H,15,18). The van der Waals surface area contributed by atoms with E-state index in [0.717, 1.165) is 38.8 Å². The van der Waals surface area contributed by atoms with Gasteiger partial charge in [-0.05, 0) is 51.2 Å². The van der Waals surface area contributed by atoms with Crippen LogP contribution in [-0.2, 0) is 0 Å². The molecular weight excluding hydrogens is 260 g/mol. The minimum Gasteiger partial charge on any atom is -0.396 e. The summed E-state index contributed by atoms with van der Waals surface area (Å²) in [5.74, 6) is 1.22. The van der Waals surface area contributed by atoms with Crippen molar-refractivity contribution in [3.63, 3.8) is 0 Å². The molecule has 2 fully saturated rings. The van der Waals surface area contributed by atoms with Crippen molar-refractivity contribution in [1.82, 2.24) is 10.2 Å². The molecule has 2 aliphatic rings. The maximum absolute atomic E-state index is 12.3. The SMILES string of the molecule is CC1(CNC(=O)N(CCCCO)C2CC2)CCCS1. The Morgan fingerprint density at radius 2 is 2.26 bits per heavy atom. The summed E-state index contributed by atoms with van der Waals surface area (Å²) >= 11 is 1.98. The first-order valence-electron chi connectivity index (χ1n) is 7.44. The van der Waals surface area contributed by atoms with Gasteiger partial charge < -0.3 is 15.3 Å². The van der Waals surface area contributed by atoms with Gasteiger partial charge in [0.05, 0.1) is 0 Å². The molecule has 1 heterocycles. The van der Waals surface area contributed by atoms with E-state index in [9.17, 15) is 4.79 Å². The summed E-state index contributed by atoms with van der Waals surface area (Å²) in [6.07, 6.45) is 6.42. The number of carbonyl (C=O) groups is 1. The number of hydrogen-bond acceptors (Lipinski definition) is 3. The van der Waals surface area contributed by atoms with Gasteiger partial charge in [-0.3, -0.25) is 0 Å². The molecule has 4 nitrogen and oxygen atoms in total. The van der Waals surface area contributed by atoms with Gasteiger partial charge in [0.2, 0.25) is 0 Å². The van der Waals surface area contributed by atoms with Crippen LogP contribution in [0.4, 0.5) is 4.79 Å². The van der Waals surface area contributed by atoms with Gasteiger partial charge in [0, 0.05) is 30.5 Å². The number of urea groups is 1. The average Bonchev–Trinajstić information content (AvgIpc) is 3.14. The maximum Gasteiger partial charge on any atom is 0.317 e. The highest BCUT2D eigenvalue weighted by Crippen LogP contribution is 2.37. The van der Waals surface area contributed by atoms with Crippen LogP contribution in [0.3, 0.4) is 0 Å². The lowest BCUT2D eigenvalue weighted by atomic mass is 10.1. The van der Waals surface area contributed by atoms with E-state index in [1.54, 1.807) is 0 Å². The van der Waals surface area contributed by atoms with Gasteiger partial charge in [-0.15, -0.1) is 0 Å². The van der Waals surface area contributed by atoms with Crippen LogP contribution in [0, 0.1) is 0 Å². The number of carbonyl (C=O) groups excluding carboxylic acids is 1. The van der Waals surface area contributed by atoms with Crippen LogP contribution in [0.2, 0.25) is 0 Å². The van der Waals surface area contributed by atoms with E-state index in [-0.39, 0.29) is 17.4 Å². The second-order valence-electron chi connectivity index (χ2n) is 5.92. The Labute approximate surface area is 120 Å². The van der Waals surface area contributed by atoms with Crippen LogP contribution in [0.15, 0.2) is 0 Å². The number of hydrogen-bond donors (Lipinski definition) is 2. The van der Waals surface area contributed by atoms with Crippen LogP contribution < -0.4 is 5.32 Å². The molecule has 2 rings (SSSR count). The number of nitrogens with one attached hydrogen (secondary N) is 1. The molecule has 1 saturated heterocycles. The number of unbranched alkanes of at least 4 members (excludes halogenated alkanes) is 1. The zero-order chi connectivity index (χ0) is 13.7. The van der Waals surface area contributed by atoms with Gasteiger partial charge in [-0.2, -0.15) is 11.8 Å². The van der Waals surface area contributed by atoms with Crippen LogP contribution in [-0.4, -0.2) is 52.3 Å². The summed E-state index contributed by atoms with van der Waals surface area (Å²) < 4.78 is 0.232. The molecule has 1 atom stereocenters.